The third kappa shape index (κ3) is 3.60. The molecule has 1 aromatic carbocycles. The van der Waals surface area contributed by atoms with Crippen molar-refractivity contribution in [3.63, 3.8) is 0 Å². The molecule has 1 amide bonds. The summed E-state index contributed by atoms with van der Waals surface area (Å²) < 4.78 is 27.1. The summed E-state index contributed by atoms with van der Waals surface area (Å²) in [7, 11) is -3.55. The second-order valence-electron chi connectivity index (χ2n) is 5.26. The van der Waals surface area contributed by atoms with Gasteiger partial charge in [0.25, 0.3) is 15.9 Å². The van der Waals surface area contributed by atoms with Gasteiger partial charge < -0.3 is 4.90 Å². The molecule has 128 valence electrons. The van der Waals surface area contributed by atoms with E-state index in [9.17, 15) is 13.2 Å². The standard InChI is InChI=1S/C15H14Cl2N2O3S2/c16-12-3-1-11(2-4-12)15(20)18-7-9-19(10-8-18)24(21,22)14-6-5-13(17)23-14/h1-6H,7-10H2. The molecule has 0 unspecified atom stereocenters. The summed E-state index contributed by atoms with van der Waals surface area (Å²) in [6, 6.07) is 9.74. The highest BCUT2D eigenvalue weighted by molar-refractivity contribution is 7.91. The van der Waals surface area contributed by atoms with Gasteiger partial charge in [0.15, 0.2) is 0 Å². The monoisotopic (exact) mass is 404 g/mol. The fraction of sp³-hybridized carbons (Fsp3) is 0.267. The van der Waals surface area contributed by atoms with Gasteiger partial charge in [-0.25, -0.2) is 8.42 Å². The van der Waals surface area contributed by atoms with Gasteiger partial charge in [0, 0.05) is 36.8 Å². The molecule has 1 aliphatic heterocycles. The van der Waals surface area contributed by atoms with Crippen LogP contribution in [0, 0.1) is 0 Å². The minimum atomic E-state index is -3.55. The minimum absolute atomic E-state index is 0.122. The second kappa shape index (κ2) is 7.01. The summed E-state index contributed by atoms with van der Waals surface area (Å²) in [5.74, 6) is -0.122. The number of carbonyl (C=O) groups excluding carboxylic acids is 1. The molecule has 3 rings (SSSR count). The van der Waals surface area contributed by atoms with Crippen molar-refractivity contribution >= 4 is 50.5 Å². The normalized spacial score (nSPS) is 16.3. The van der Waals surface area contributed by atoms with E-state index < -0.39 is 10.0 Å². The average molecular weight is 405 g/mol. The van der Waals surface area contributed by atoms with E-state index in [0.717, 1.165) is 11.3 Å². The lowest BCUT2D eigenvalue weighted by Crippen LogP contribution is -2.50. The molecular weight excluding hydrogens is 391 g/mol. The van der Waals surface area contributed by atoms with E-state index in [4.69, 9.17) is 23.2 Å². The van der Waals surface area contributed by atoms with Crippen LogP contribution >= 0.6 is 34.5 Å². The highest BCUT2D eigenvalue weighted by Gasteiger charge is 2.31. The van der Waals surface area contributed by atoms with Crippen LogP contribution in [0.2, 0.25) is 9.36 Å². The third-order valence-electron chi connectivity index (χ3n) is 3.76. The van der Waals surface area contributed by atoms with Crippen LogP contribution in [0.4, 0.5) is 0 Å². The zero-order valence-corrected chi connectivity index (χ0v) is 15.6. The van der Waals surface area contributed by atoms with Crippen LogP contribution < -0.4 is 0 Å². The number of benzene rings is 1. The SMILES string of the molecule is O=C(c1ccc(Cl)cc1)N1CCN(S(=O)(=O)c2ccc(Cl)s2)CC1. The van der Waals surface area contributed by atoms with E-state index in [1.54, 1.807) is 35.2 Å². The van der Waals surface area contributed by atoms with Crippen LogP contribution in [0.5, 0.6) is 0 Å². The number of piperazine rings is 1. The van der Waals surface area contributed by atoms with Crippen molar-refractivity contribution in [3.8, 4) is 0 Å². The lowest BCUT2D eigenvalue weighted by atomic mass is 10.2. The summed E-state index contributed by atoms with van der Waals surface area (Å²) >= 11 is 12.7. The number of hydrogen-bond acceptors (Lipinski definition) is 4. The van der Waals surface area contributed by atoms with Crippen molar-refractivity contribution in [3.05, 3.63) is 51.3 Å². The van der Waals surface area contributed by atoms with Crippen LogP contribution in [0.1, 0.15) is 10.4 Å². The first-order valence-corrected chi connectivity index (χ1v) is 10.2. The van der Waals surface area contributed by atoms with E-state index >= 15 is 0 Å². The first kappa shape index (κ1) is 17.7. The Kier molecular flexibility index (Phi) is 5.17. The smallest absolute Gasteiger partial charge is 0.253 e. The molecule has 0 N–H and O–H groups in total. The van der Waals surface area contributed by atoms with Gasteiger partial charge in [-0.2, -0.15) is 4.31 Å². The van der Waals surface area contributed by atoms with Crippen LogP contribution in [-0.2, 0) is 10.0 Å². The topological polar surface area (TPSA) is 57.7 Å². The van der Waals surface area contributed by atoms with E-state index in [0.29, 0.717) is 28.0 Å². The Morgan fingerprint density at radius 3 is 2.12 bits per heavy atom. The largest absolute Gasteiger partial charge is 0.336 e. The number of thiophene rings is 1. The molecule has 1 aliphatic rings. The number of sulfonamides is 1. The number of nitrogens with zero attached hydrogens (tertiary/aromatic N) is 2. The number of rotatable bonds is 3. The lowest BCUT2D eigenvalue weighted by Gasteiger charge is -2.33. The Morgan fingerprint density at radius 2 is 1.58 bits per heavy atom. The number of halogens is 2. The molecule has 0 saturated carbocycles. The summed E-state index contributed by atoms with van der Waals surface area (Å²) in [5, 5.41) is 0.567. The van der Waals surface area contributed by atoms with Gasteiger partial charge >= 0.3 is 0 Å². The molecule has 1 saturated heterocycles. The molecule has 0 radical (unpaired) electrons. The molecule has 0 atom stereocenters. The minimum Gasteiger partial charge on any atom is -0.336 e. The Balaban J connectivity index is 1.67. The average Bonchev–Trinajstić information content (AvgIpc) is 3.02. The quantitative estimate of drug-likeness (QED) is 0.788. The Bertz CT molecular complexity index is 842. The molecule has 2 heterocycles. The number of hydrogen-bond donors (Lipinski definition) is 0. The fourth-order valence-corrected chi connectivity index (χ4v) is 5.66. The third-order valence-corrected chi connectivity index (χ3v) is 7.61. The van der Waals surface area contributed by atoms with Crippen molar-refractivity contribution in [1.29, 1.82) is 0 Å². The maximum absolute atomic E-state index is 12.5. The molecule has 2 aromatic rings. The van der Waals surface area contributed by atoms with Crippen molar-refractivity contribution in [2.24, 2.45) is 0 Å². The van der Waals surface area contributed by atoms with E-state index in [1.807, 2.05) is 0 Å². The highest BCUT2D eigenvalue weighted by Crippen LogP contribution is 2.28. The van der Waals surface area contributed by atoms with Gasteiger partial charge in [-0.3, -0.25) is 4.79 Å². The molecule has 0 bridgehead atoms. The molecule has 1 fully saturated rings. The van der Waals surface area contributed by atoms with Gasteiger partial charge in [-0.05, 0) is 36.4 Å². The molecular formula is C15H14Cl2N2O3S2. The summed E-state index contributed by atoms with van der Waals surface area (Å²) in [4.78, 5) is 14.1. The van der Waals surface area contributed by atoms with Crippen molar-refractivity contribution in [2.75, 3.05) is 26.2 Å². The summed E-state index contributed by atoms with van der Waals surface area (Å²) in [6.07, 6.45) is 0. The predicted molar refractivity (Wildman–Crippen MR) is 95.4 cm³/mol. The molecule has 0 spiro atoms. The molecule has 24 heavy (non-hydrogen) atoms. The Hall–Kier alpha value is -1.12. The van der Waals surface area contributed by atoms with E-state index in [2.05, 4.69) is 0 Å². The first-order chi connectivity index (χ1) is 11.4. The van der Waals surface area contributed by atoms with Gasteiger partial charge in [0.05, 0.1) is 4.34 Å². The zero-order chi connectivity index (χ0) is 17.3. The Morgan fingerprint density at radius 1 is 0.958 bits per heavy atom. The summed E-state index contributed by atoms with van der Waals surface area (Å²) in [5.41, 5.74) is 0.542. The second-order valence-corrected chi connectivity index (χ2v) is 9.58. The molecule has 0 aliphatic carbocycles. The number of carbonyl (C=O) groups is 1. The fourth-order valence-electron chi connectivity index (χ4n) is 2.47. The number of amides is 1. The van der Waals surface area contributed by atoms with Crippen molar-refractivity contribution in [2.45, 2.75) is 4.21 Å². The maximum Gasteiger partial charge on any atom is 0.253 e. The Labute approximate surface area is 154 Å². The van der Waals surface area contributed by atoms with Crippen molar-refractivity contribution < 1.29 is 13.2 Å². The van der Waals surface area contributed by atoms with Crippen LogP contribution in [0.3, 0.4) is 0 Å². The van der Waals surface area contributed by atoms with E-state index in [1.165, 1.54) is 10.4 Å². The van der Waals surface area contributed by atoms with E-state index in [-0.39, 0.29) is 23.2 Å². The predicted octanol–water partition coefficient (Wildman–Crippen LogP) is 3.20. The van der Waals surface area contributed by atoms with Gasteiger partial charge in [0.2, 0.25) is 0 Å². The van der Waals surface area contributed by atoms with Gasteiger partial charge in [0.1, 0.15) is 4.21 Å². The zero-order valence-electron chi connectivity index (χ0n) is 12.5. The maximum atomic E-state index is 12.5. The summed E-state index contributed by atoms with van der Waals surface area (Å²) in [6.45, 7) is 1.22. The lowest BCUT2D eigenvalue weighted by molar-refractivity contribution is 0.0698. The molecule has 5 nitrogen and oxygen atoms in total. The van der Waals surface area contributed by atoms with Crippen LogP contribution in [-0.4, -0.2) is 49.7 Å². The van der Waals surface area contributed by atoms with Gasteiger partial charge in [-0.1, -0.05) is 23.2 Å². The van der Waals surface area contributed by atoms with Crippen LogP contribution in [0.25, 0.3) is 0 Å². The van der Waals surface area contributed by atoms with Crippen molar-refractivity contribution in [1.82, 2.24) is 9.21 Å². The molecule has 1 aromatic heterocycles. The van der Waals surface area contributed by atoms with Crippen LogP contribution in [0.15, 0.2) is 40.6 Å². The highest BCUT2D eigenvalue weighted by atomic mass is 35.5. The first-order valence-electron chi connectivity index (χ1n) is 7.18. The molecule has 9 heteroatoms. The van der Waals surface area contributed by atoms with Gasteiger partial charge in [-0.15, -0.1) is 11.3 Å².